The van der Waals surface area contributed by atoms with Gasteiger partial charge in [0.15, 0.2) is 0 Å². The molecule has 4 rings (SSSR count). The van der Waals surface area contributed by atoms with Crippen molar-refractivity contribution in [3.8, 4) is 0 Å². The van der Waals surface area contributed by atoms with Crippen LogP contribution in [-0.4, -0.2) is 37.1 Å². The number of aliphatic hydroxyl groups is 2. The molecule has 0 saturated heterocycles. The van der Waals surface area contributed by atoms with Gasteiger partial charge in [-0.2, -0.15) is 13.3 Å². The van der Waals surface area contributed by atoms with Gasteiger partial charge in [0.2, 0.25) is 0 Å². The van der Waals surface area contributed by atoms with Gasteiger partial charge >= 0.3 is 21.1 Å². The molecule has 0 atom stereocenters. The Morgan fingerprint density at radius 3 is 1.43 bits per heavy atom. The molecule has 0 radical (unpaired) electrons. The van der Waals surface area contributed by atoms with Gasteiger partial charge < -0.3 is 29.8 Å². The molecular formula is C40H64N4O2Pt. The van der Waals surface area contributed by atoms with Gasteiger partial charge in [0.05, 0.1) is 5.66 Å². The van der Waals surface area contributed by atoms with Gasteiger partial charge in [-0.3, -0.25) is 0 Å². The fourth-order valence-corrected chi connectivity index (χ4v) is 9.10. The van der Waals surface area contributed by atoms with Gasteiger partial charge in [0.1, 0.15) is 11.4 Å². The molecular weight excluding hydrogens is 764 g/mol. The Morgan fingerprint density at radius 1 is 0.596 bits per heavy atom. The van der Waals surface area contributed by atoms with Crippen molar-refractivity contribution in [1.29, 1.82) is 0 Å². The number of para-hydroxylation sites is 2. The van der Waals surface area contributed by atoms with Crippen LogP contribution in [0.1, 0.15) is 117 Å². The Bertz CT molecular complexity index is 1340. The molecule has 47 heavy (non-hydrogen) atoms. The van der Waals surface area contributed by atoms with E-state index in [-0.39, 0.29) is 32.9 Å². The van der Waals surface area contributed by atoms with E-state index in [1.807, 2.05) is 0 Å². The third-order valence-corrected chi connectivity index (χ3v) is 10.9. The SMILES string of the molecule is CC(C)C(C(C)C)(N1[CH-]N(C(O)(C(C)(C)C)C(C)(C)C)C2=C1C=CC=CC2)N1[CH-]N(C(O)(C(C)(C)C)C(C)(C)C)c2ccccc21.[Pt+2]. The minimum Gasteiger partial charge on any atom is -0.483 e. The van der Waals surface area contributed by atoms with E-state index in [9.17, 15) is 10.2 Å². The Hall–Kier alpha value is -1.75. The molecule has 1 aromatic rings. The summed E-state index contributed by atoms with van der Waals surface area (Å²) in [6.07, 6.45) is 9.34. The van der Waals surface area contributed by atoms with Crippen molar-refractivity contribution >= 4 is 11.4 Å². The second-order valence-corrected chi connectivity index (χ2v) is 18.5. The van der Waals surface area contributed by atoms with E-state index in [0.29, 0.717) is 6.42 Å². The zero-order valence-electron chi connectivity index (χ0n) is 32.1. The Morgan fingerprint density at radius 2 is 1.00 bits per heavy atom. The number of rotatable bonds is 6. The van der Waals surface area contributed by atoms with E-state index in [1.165, 1.54) is 0 Å². The van der Waals surface area contributed by atoms with Crippen LogP contribution in [0.3, 0.4) is 0 Å². The summed E-state index contributed by atoms with van der Waals surface area (Å²) in [5.41, 5.74) is -0.657. The fraction of sp³-hybridized carbons (Fsp3) is 0.650. The Balaban J connectivity index is 0.00000600. The summed E-state index contributed by atoms with van der Waals surface area (Å²) in [4.78, 5) is 9.18. The minimum atomic E-state index is -1.21. The Labute approximate surface area is 302 Å². The van der Waals surface area contributed by atoms with Crippen LogP contribution in [0.15, 0.2) is 60.0 Å². The van der Waals surface area contributed by atoms with Gasteiger partial charge in [-0.1, -0.05) is 141 Å². The number of hydrogen-bond donors (Lipinski definition) is 2. The van der Waals surface area contributed by atoms with E-state index in [0.717, 1.165) is 22.8 Å². The summed E-state index contributed by atoms with van der Waals surface area (Å²) in [6, 6.07) is 8.49. The predicted molar refractivity (Wildman–Crippen MR) is 194 cm³/mol. The Kier molecular flexibility index (Phi) is 10.6. The minimum absolute atomic E-state index is 0. The number of hydrogen-bond acceptors (Lipinski definition) is 6. The molecule has 0 fully saturated rings. The molecule has 3 aliphatic rings. The van der Waals surface area contributed by atoms with Crippen LogP contribution in [0.4, 0.5) is 11.4 Å². The van der Waals surface area contributed by atoms with Crippen molar-refractivity contribution in [3.05, 3.63) is 73.3 Å². The molecule has 2 N–H and O–H groups in total. The number of allylic oxidation sites excluding steroid dienone is 4. The summed E-state index contributed by atoms with van der Waals surface area (Å²) in [6.45, 7) is 39.2. The smallest absolute Gasteiger partial charge is 0.483 e. The van der Waals surface area contributed by atoms with Crippen LogP contribution in [0.25, 0.3) is 0 Å². The van der Waals surface area contributed by atoms with Gasteiger partial charge in [-0.05, 0) is 30.0 Å². The molecule has 0 amide bonds. The van der Waals surface area contributed by atoms with Crippen molar-refractivity contribution in [2.24, 2.45) is 33.5 Å². The van der Waals surface area contributed by atoms with E-state index < -0.39 is 38.8 Å². The molecule has 6 nitrogen and oxygen atoms in total. The maximum Gasteiger partial charge on any atom is 2.00 e. The van der Waals surface area contributed by atoms with Crippen LogP contribution < -0.4 is 9.80 Å². The van der Waals surface area contributed by atoms with Crippen LogP contribution >= 0.6 is 0 Å². The first-order valence-electron chi connectivity index (χ1n) is 17.3. The average Bonchev–Trinajstić information content (AvgIpc) is 3.35. The van der Waals surface area contributed by atoms with E-state index in [1.54, 1.807) is 0 Å². The molecule has 0 saturated carbocycles. The largest absolute Gasteiger partial charge is 2.00 e. The number of fused-ring (bicyclic) bond motifs is 1. The first-order valence-corrected chi connectivity index (χ1v) is 17.3. The normalized spacial score (nSPS) is 18.4. The second kappa shape index (κ2) is 12.5. The van der Waals surface area contributed by atoms with E-state index >= 15 is 0 Å². The molecule has 0 spiro atoms. The molecule has 1 aliphatic carbocycles. The molecule has 2 heterocycles. The van der Waals surface area contributed by atoms with E-state index in [2.05, 4.69) is 192 Å². The summed E-state index contributed by atoms with van der Waals surface area (Å²) in [5, 5.41) is 25.8. The molecule has 266 valence electrons. The zero-order chi connectivity index (χ0) is 35.1. The summed E-state index contributed by atoms with van der Waals surface area (Å²) >= 11 is 0. The summed E-state index contributed by atoms with van der Waals surface area (Å²) in [5.74, 6) is 0.252. The van der Waals surface area contributed by atoms with Crippen molar-refractivity contribution in [1.82, 2.24) is 9.80 Å². The predicted octanol–water partition coefficient (Wildman–Crippen LogP) is 9.46. The molecule has 1 aromatic carbocycles. The number of benzene rings is 1. The van der Waals surface area contributed by atoms with Crippen molar-refractivity contribution in [3.63, 3.8) is 0 Å². The number of nitrogens with zero attached hydrogens (tertiary/aromatic N) is 4. The summed E-state index contributed by atoms with van der Waals surface area (Å²) < 4.78 is 0. The van der Waals surface area contributed by atoms with Crippen LogP contribution in [0.5, 0.6) is 0 Å². The first-order chi connectivity index (χ1) is 20.8. The fourth-order valence-electron chi connectivity index (χ4n) is 9.10. The molecule has 7 heteroatoms. The quantitative estimate of drug-likeness (QED) is 0.279. The van der Waals surface area contributed by atoms with Gasteiger partial charge in [0.25, 0.3) is 0 Å². The van der Waals surface area contributed by atoms with Gasteiger partial charge in [0, 0.05) is 50.8 Å². The molecule has 2 aliphatic heterocycles. The maximum atomic E-state index is 12.9. The second-order valence-electron chi connectivity index (χ2n) is 18.5. The monoisotopic (exact) mass is 827 g/mol. The number of anilines is 2. The molecule has 0 aromatic heterocycles. The van der Waals surface area contributed by atoms with E-state index in [4.69, 9.17) is 0 Å². The van der Waals surface area contributed by atoms with Crippen LogP contribution in [-0.2, 0) is 21.1 Å². The van der Waals surface area contributed by atoms with Crippen molar-refractivity contribution in [2.75, 3.05) is 9.80 Å². The third-order valence-electron chi connectivity index (χ3n) is 10.9. The average molecular weight is 828 g/mol. The molecule has 0 bridgehead atoms. The maximum absolute atomic E-state index is 12.9. The summed E-state index contributed by atoms with van der Waals surface area (Å²) in [7, 11) is 0. The van der Waals surface area contributed by atoms with Crippen LogP contribution in [0.2, 0.25) is 0 Å². The first kappa shape index (κ1) is 39.7. The topological polar surface area (TPSA) is 53.4 Å². The zero-order valence-corrected chi connectivity index (χ0v) is 34.4. The van der Waals surface area contributed by atoms with Crippen LogP contribution in [0, 0.1) is 46.8 Å². The third kappa shape index (κ3) is 5.75. The van der Waals surface area contributed by atoms with Gasteiger partial charge in [-0.25, -0.2) is 0 Å². The van der Waals surface area contributed by atoms with Gasteiger partial charge in [-0.15, -0.1) is 0 Å². The molecule has 0 unspecified atom stereocenters. The van der Waals surface area contributed by atoms with Crippen molar-refractivity contribution in [2.45, 2.75) is 134 Å². The van der Waals surface area contributed by atoms with Crippen molar-refractivity contribution < 1.29 is 31.3 Å². The standard InChI is InChI=1S/C40H64N4O2.Pt/c1-28(2)38(29(3)4,42-27-44(33-25-21-20-24-31(33)42)40(46,36(11,12)13)37(14,15)16)41-26-43(32-23-19-17-18-22-30(32)41)39(45,34(5,6)7)35(8,9)10;/h17-22,24-29,45-46H,23H2,1-16H3;/q-2;+2.